The summed E-state index contributed by atoms with van der Waals surface area (Å²) in [4.78, 5) is 24.6. The first-order valence-corrected chi connectivity index (χ1v) is 9.39. The molecule has 0 spiro atoms. The van der Waals surface area contributed by atoms with Gasteiger partial charge >= 0.3 is 6.03 Å². The molecule has 1 saturated heterocycles. The lowest BCUT2D eigenvalue weighted by Gasteiger charge is -2.26. The van der Waals surface area contributed by atoms with Crippen molar-refractivity contribution in [2.45, 2.75) is 51.7 Å². The van der Waals surface area contributed by atoms with Gasteiger partial charge in [0.1, 0.15) is 17.0 Å². The number of aromatic amines is 1. The third kappa shape index (κ3) is 3.62. The van der Waals surface area contributed by atoms with Gasteiger partial charge in [0.25, 0.3) is 0 Å². The van der Waals surface area contributed by atoms with Crippen molar-refractivity contribution >= 4 is 28.1 Å². The molecule has 2 amide bonds. The van der Waals surface area contributed by atoms with Gasteiger partial charge < -0.3 is 24.9 Å². The highest BCUT2D eigenvalue weighted by Crippen LogP contribution is 2.30. The summed E-state index contributed by atoms with van der Waals surface area (Å²) in [7, 11) is 0. The summed E-state index contributed by atoms with van der Waals surface area (Å²) < 4.78 is 7.95. The number of rotatable bonds is 3. The number of carbonyl (C=O) groups excluding carboxylic acids is 1. The second-order valence-corrected chi connectivity index (χ2v) is 8.06. The predicted octanol–water partition coefficient (Wildman–Crippen LogP) is 2.86. The van der Waals surface area contributed by atoms with Crippen LogP contribution >= 0.6 is 0 Å². The van der Waals surface area contributed by atoms with Crippen LogP contribution in [0.4, 0.5) is 4.79 Å². The molecule has 0 aliphatic carbocycles. The molecule has 1 aliphatic rings. The number of aromatic nitrogens is 4. The van der Waals surface area contributed by atoms with Gasteiger partial charge in [-0.1, -0.05) is 0 Å². The Balaban J connectivity index is 1.71. The Morgan fingerprint density at radius 1 is 1.44 bits per heavy atom. The van der Waals surface area contributed by atoms with Gasteiger partial charge in [-0.25, -0.2) is 14.8 Å². The van der Waals surface area contributed by atoms with Crippen LogP contribution < -0.4 is 10.6 Å². The van der Waals surface area contributed by atoms with E-state index in [0.717, 1.165) is 47.3 Å². The first kappa shape index (κ1) is 17.8. The van der Waals surface area contributed by atoms with Crippen LogP contribution in [0.2, 0.25) is 0 Å². The van der Waals surface area contributed by atoms with Crippen LogP contribution in [0.3, 0.4) is 0 Å². The molecule has 1 fully saturated rings. The van der Waals surface area contributed by atoms with Gasteiger partial charge in [-0.15, -0.1) is 0 Å². The van der Waals surface area contributed by atoms with Crippen molar-refractivity contribution in [1.82, 2.24) is 30.2 Å². The fraction of sp³-hybridized carbons (Fsp3) is 0.526. The summed E-state index contributed by atoms with van der Waals surface area (Å²) in [6, 6.07) is 2.02. The highest BCUT2D eigenvalue weighted by Gasteiger charge is 2.24. The number of carbonyl (C=O) groups is 1. The van der Waals surface area contributed by atoms with Crippen LogP contribution in [0.25, 0.3) is 22.1 Å². The molecule has 8 heteroatoms. The standard InChI is InChI=1S/C19H26N6O2/c1-19(2,3)24-18(26)22-10-15-23-14-9-21-17-13(6-7-20-17)16(14)25(15)12-5-4-8-27-11-12/h6-7,9,12H,4-5,8,10-11H2,1-3H3,(H,20,21)(H2,22,24,26)/t12-/m0/s1. The number of nitrogens with one attached hydrogen (secondary N) is 3. The molecule has 0 unspecified atom stereocenters. The lowest BCUT2D eigenvalue weighted by Crippen LogP contribution is -2.46. The zero-order valence-electron chi connectivity index (χ0n) is 16.0. The molecular weight excluding hydrogens is 344 g/mol. The zero-order chi connectivity index (χ0) is 19.0. The minimum atomic E-state index is -0.289. The monoisotopic (exact) mass is 370 g/mol. The van der Waals surface area contributed by atoms with E-state index in [-0.39, 0.29) is 17.6 Å². The maximum Gasteiger partial charge on any atom is 0.315 e. The van der Waals surface area contributed by atoms with Crippen molar-refractivity contribution in [3.63, 3.8) is 0 Å². The quantitative estimate of drug-likeness (QED) is 0.660. The van der Waals surface area contributed by atoms with E-state index in [0.29, 0.717) is 13.2 Å². The Morgan fingerprint density at radius 3 is 3.04 bits per heavy atom. The van der Waals surface area contributed by atoms with Gasteiger partial charge in [0.15, 0.2) is 0 Å². The van der Waals surface area contributed by atoms with Crippen molar-refractivity contribution in [3.8, 4) is 0 Å². The summed E-state index contributed by atoms with van der Waals surface area (Å²) in [5, 5.41) is 6.89. The zero-order valence-corrected chi connectivity index (χ0v) is 16.0. The molecule has 0 radical (unpaired) electrons. The van der Waals surface area contributed by atoms with Gasteiger partial charge in [-0.2, -0.15) is 0 Å². The number of imidazole rings is 1. The summed E-state index contributed by atoms with van der Waals surface area (Å²) >= 11 is 0. The number of H-pyrrole nitrogens is 1. The average molecular weight is 370 g/mol. The summed E-state index contributed by atoms with van der Waals surface area (Å²) in [5.41, 5.74) is 2.43. The van der Waals surface area contributed by atoms with E-state index in [4.69, 9.17) is 9.72 Å². The molecule has 0 saturated carbocycles. The molecule has 3 aromatic heterocycles. The fourth-order valence-corrected chi connectivity index (χ4v) is 3.63. The van der Waals surface area contributed by atoms with Gasteiger partial charge in [-0.3, -0.25) is 0 Å². The van der Waals surface area contributed by atoms with Gasteiger partial charge in [0.05, 0.1) is 30.9 Å². The van der Waals surface area contributed by atoms with Gasteiger partial charge in [0, 0.05) is 23.7 Å². The number of ether oxygens (including phenoxy) is 1. The smallest absolute Gasteiger partial charge is 0.315 e. The second kappa shape index (κ2) is 6.84. The van der Waals surface area contributed by atoms with Crippen LogP contribution in [0.5, 0.6) is 0 Å². The first-order valence-electron chi connectivity index (χ1n) is 9.39. The molecule has 0 aromatic carbocycles. The van der Waals surface area contributed by atoms with Crippen LogP contribution in [-0.4, -0.2) is 44.3 Å². The van der Waals surface area contributed by atoms with Gasteiger partial charge in [0.2, 0.25) is 0 Å². The molecule has 0 bridgehead atoms. The van der Waals surface area contributed by atoms with E-state index < -0.39 is 0 Å². The number of urea groups is 1. The van der Waals surface area contributed by atoms with Crippen molar-refractivity contribution in [2.75, 3.05) is 13.2 Å². The van der Waals surface area contributed by atoms with Crippen molar-refractivity contribution in [2.24, 2.45) is 0 Å². The Kier molecular flexibility index (Phi) is 4.51. The molecule has 1 aliphatic heterocycles. The number of hydrogen-bond acceptors (Lipinski definition) is 4. The highest BCUT2D eigenvalue weighted by molar-refractivity contribution is 6.01. The lowest BCUT2D eigenvalue weighted by molar-refractivity contribution is 0.0595. The number of pyridine rings is 1. The van der Waals surface area contributed by atoms with E-state index in [1.807, 2.05) is 33.0 Å². The van der Waals surface area contributed by atoms with Crippen LogP contribution in [0.1, 0.15) is 45.5 Å². The largest absolute Gasteiger partial charge is 0.379 e. The molecule has 27 heavy (non-hydrogen) atoms. The van der Waals surface area contributed by atoms with Gasteiger partial charge in [-0.05, 0) is 39.7 Å². The minimum absolute atomic E-state index is 0.201. The second-order valence-electron chi connectivity index (χ2n) is 8.06. The third-order valence-electron chi connectivity index (χ3n) is 4.70. The minimum Gasteiger partial charge on any atom is -0.379 e. The molecule has 8 nitrogen and oxygen atoms in total. The van der Waals surface area contributed by atoms with E-state index >= 15 is 0 Å². The third-order valence-corrected chi connectivity index (χ3v) is 4.70. The Labute approximate surface area is 157 Å². The van der Waals surface area contributed by atoms with Crippen LogP contribution in [-0.2, 0) is 11.3 Å². The first-order chi connectivity index (χ1) is 12.9. The Bertz CT molecular complexity index is 962. The summed E-state index contributed by atoms with van der Waals surface area (Å²) in [6.45, 7) is 7.66. The normalized spacial score (nSPS) is 18.1. The van der Waals surface area contributed by atoms with Crippen molar-refractivity contribution in [1.29, 1.82) is 0 Å². The maximum atomic E-state index is 12.2. The molecule has 4 rings (SSSR count). The number of amides is 2. The molecule has 4 heterocycles. The lowest BCUT2D eigenvalue weighted by atomic mass is 10.1. The van der Waals surface area contributed by atoms with Crippen LogP contribution in [0, 0.1) is 0 Å². The number of nitrogens with zero attached hydrogens (tertiary/aromatic N) is 3. The molecule has 144 valence electrons. The molecule has 3 N–H and O–H groups in total. The number of fused-ring (bicyclic) bond motifs is 3. The average Bonchev–Trinajstić information content (AvgIpc) is 3.22. The topological polar surface area (TPSA) is 96.9 Å². The fourth-order valence-electron chi connectivity index (χ4n) is 3.63. The van der Waals surface area contributed by atoms with E-state index in [2.05, 4.69) is 25.2 Å². The Morgan fingerprint density at radius 2 is 2.30 bits per heavy atom. The van der Waals surface area contributed by atoms with Crippen molar-refractivity contribution < 1.29 is 9.53 Å². The number of hydrogen-bond donors (Lipinski definition) is 3. The summed E-state index contributed by atoms with van der Waals surface area (Å²) in [5.74, 6) is 0.819. The van der Waals surface area contributed by atoms with E-state index in [1.54, 1.807) is 6.20 Å². The molecule has 3 aromatic rings. The summed E-state index contributed by atoms with van der Waals surface area (Å²) in [6.07, 6.45) is 5.72. The van der Waals surface area contributed by atoms with Crippen LogP contribution in [0.15, 0.2) is 18.5 Å². The Hall–Kier alpha value is -2.61. The van der Waals surface area contributed by atoms with E-state index in [9.17, 15) is 4.79 Å². The van der Waals surface area contributed by atoms with E-state index in [1.165, 1.54) is 0 Å². The molecule has 1 atom stereocenters. The predicted molar refractivity (Wildman–Crippen MR) is 104 cm³/mol. The maximum absolute atomic E-state index is 12.2. The SMILES string of the molecule is CC(C)(C)NC(=O)NCc1nc2cnc3[nH]ccc3c2n1[C@H]1CCCOC1. The molecular formula is C19H26N6O2. The van der Waals surface area contributed by atoms with Crippen molar-refractivity contribution in [3.05, 3.63) is 24.3 Å². The highest BCUT2D eigenvalue weighted by atomic mass is 16.5.